The van der Waals surface area contributed by atoms with E-state index in [9.17, 15) is 19.6 Å². The Morgan fingerprint density at radius 1 is 1.00 bits per heavy atom. The summed E-state index contributed by atoms with van der Waals surface area (Å²) in [5, 5.41) is 10.4. The number of rotatable bonds is 5. The molecule has 0 radical (unpaired) electrons. The third kappa shape index (κ3) is 3.93. The third-order valence-corrected chi connectivity index (χ3v) is 8.28. The molecular weight excluding hydrogens is 582 g/mol. The number of nitrogens with two attached hydrogens (primary N) is 1. The monoisotopic (exact) mass is 611 g/mol. The molecule has 1 spiro atoms. The number of carbonyl (C=O) groups excluding carboxylic acids is 2. The van der Waals surface area contributed by atoms with Crippen LogP contribution >= 0.6 is 0 Å². The molecule has 0 bridgehead atoms. The molecule has 2 aromatic carbocycles. The fraction of sp³-hybridized carbons (Fsp3) is 0.273. The lowest BCUT2D eigenvalue weighted by Gasteiger charge is -2.40. The highest BCUT2D eigenvalue weighted by molar-refractivity contribution is 6.18. The summed E-state index contributed by atoms with van der Waals surface area (Å²) in [6.45, 7) is 7.10. The van der Waals surface area contributed by atoms with Gasteiger partial charge in [-0.1, -0.05) is 6.08 Å². The van der Waals surface area contributed by atoms with Crippen molar-refractivity contribution in [3.8, 4) is 34.8 Å². The second-order valence-corrected chi connectivity index (χ2v) is 11.4. The minimum atomic E-state index is -2.05. The third-order valence-electron chi connectivity index (χ3n) is 8.28. The Morgan fingerprint density at radius 3 is 2.27 bits per heavy atom. The van der Waals surface area contributed by atoms with Gasteiger partial charge in [0, 0.05) is 17.2 Å². The van der Waals surface area contributed by atoms with Crippen LogP contribution in [0.2, 0.25) is 0 Å². The van der Waals surface area contributed by atoms with Crippen molar-refractivity contribution in [3.63, 3.8) is 0 Å². The molecule has 3 aliphatic rings. The lowest BCUT2D eigenvalue weighted by atomic mass is 9.69. The van der Waals surface area contributed by atoms with Gasteiger partial charge in [-0.15, -0.1) is 0 Å². The number of benzene rings is 2. The number of hydrogen-bond acceptors (Lipinski definition) is 11. The number of anilines is 1. The van der Waals surface area contributed by atoms with E-state index in [1.807, 2.05) is 32.9 Å². The first kappa shape index (κ1) is 29.4. The average Bonchev–Trinajstić information content (AvgIpc) is 3.23. The van der Waals surface area contributed by atoms with Crippen LogP contribution in [0.4, 0.5) is 5.69 Å². The molecule has 3 aromatic rings. The molecule has 1 aromatic heterocycles. The van der Waals surface area contributed by atoms with Crippen LogP contribution in [-0.4, -0.2) is 38.7 Å². The molecule has 0 saturated heterocycles. The SMILES string of the molecule is COc1cc(C(=O)Oc2cc3c4c(c2)C2(C(=O)N4C(C)(C)C=C3C)C(C#N)=C(N)Oc3cc(C)oc(=O)c32)cc(OC)c1OC. The molecule has 12 nitrogen and oxygen atoms in total. The molecule has 1 amide bonds. The predicted octanol–water partition coefficient (Wildman–Crippen LogP) is 4.11. The Balaban J connectivity index is 1.62. The van der Waals surface area contributed by atoms with E-state index >= 15 is 0 Å². The van der Waals surface area contributed by atoms with E-state index < -0.39 is 28.5 Å². The lowest BCUT2D eigenvalue weighted by Crippen LogP contribution is -2.54. The van der Waals surface area contributed by atoms with E-state index in [1.165, 1.54) is 50.5 Å². The molecule has 12 heteroatoms. The number of carbonyl (C=O) groups is 2. The number of esters is 1. The van der Waals surface area contributed by atoms with Gasteiger partial charge in [0.25, 0.3) is 0 Å². The largest absolute Gasteiger partial charge is 0.493 e. The Kier molecular flexibility index (Phi) is 6.47. The average molecular weight is 612 g/mol. The number of methoxy groups -OCH3 is 3. The van der Waals surface area contributed by atoms with Gasteiger partial charge in [-0.2, -0.15) is 5.26 Å². The summed E-state index contributed by atoms with van der Waals surface area (Å²) >= 11 is 0. The highest BCUT2D eigenvalue weighted by atomic mass is 16.5. The van der Waals surface area contributed by atoms with E-state index in [0.29, 0.717) is 17.0 Å². The molecule has 1 atom stereocenters. The number of allylic oxidation sites excluding steroid dienone is 1. The topological polar surface area (TPSA) is 164 Å². The van der Waals surface area contributed by atoms with Crippen molar-refractivity contribution in [2.45, 2.75) is 38.6 Å². The van der Waals surface area contributed by atoms with Crippen LogP contribution in [0.25, 0.3) is 5.57 Å². The summed E-state index contributed by atoms with van der Waals surface area (Å²) in [7, 11) is 4.29. The van der Waals surface area contributed by atoms with Gasteiger partial charge in [-0.25, -0.2) is 9.59 Å². The van der Waals surface area contributed by atoms with Gasteiger partial charge < -0.3 is 38.7 Å². The fourth-order valence-electron chi connectivity index (χ4n) is 6.57. The van der Waals surface area contributed by atoms with Crippen LogP contribution in [0.1, 0.15) is 53.6 Å². The predicted molar refractivity (Wildman–Crippen MR) is 161 cm³/mol. The van der Waals surface area contributed by atoms with E-state index in [-0.39, 0.29) is 56.9 Å². The Labute approximate surface area is 257 Å². The van der Waals surface area contributed by atoms with Gasteiger partial charge in [0.2, 0.25) is 17.5 Å². The zero-order valence-corrected chi connectivity index (χ0v) is 25.6. The van der Waals surface area contributed by atoms with Crippen LogP contribution in [0, 0.1) is 18.3 Å². The smallest absolute Gasteiger partial charge is 0.344 e. The minimum absolute atomic E-state index is 0.00972. The van der Waals surface area contributed by atoms with E-state index in [2.05, 4.69) is 0 Å². The van der Waals surface area contributed by atoms with Crippen molar-refractivity contribution >= 4 is 23.1 Å². The van der Waals surface area contributed by atoms with Crippen molar-refractivity contribution in [3.05, 3.63) is 86.3 Å². The molecule has 1 unspecified atom stereocenters. The first-order chi connectivity index (χ1) is 21.3. The first-order valence-electron chi connectivity index (χ1n) is 13.8. The van der Waals surface area contributed by atoms with Gasteiger partial charge in [-0.05, 0) is 57.5 Å². The molecule has 45 heavy (non-hydrogen) atoms. The quantitative estimate of drug-likeness (QED) is 0.326. The summed E-state index contributed by atoms with van der Waals surface area (Å²) in [4.78, 5) is 43.5. The Morgan fingerprint density at radius 2 is 1.67 bits per heavy atom. The first-order valence-corrected chi connectivity index (χ1v) is 13.8. The van der Waals surface area contributed by atoms with Crippen LogP contribution < -0.4 is 39.9 Å². The number of aryl methyl sites for hydroxylation is 1. The van der Waals surface area contributed by atoms with Gasteiger partial charge in [-0.3, -0.25) is 4.79 Å². The molecule has 6 rings (SSSR count). The number of amides is 1. The van der Waals surface area contributed by atoms with Gasteiger partial charge in [0.05, 0.1) is 38.1 Å². The molecule has 0 saturated carbocycles. The summed E-state index contributed by atoms with van der Waals surface area (Å²) in [5.41, 5.74) is 4.12. The van der Waals surface area contributed by atoms with Crippen molar-refractivity contribution in [2.24, 2.45) is 5.73 Å². The number of nitrogens with zero attached hydrogens (tertiary/aromatic N) is 2. The van der Waals surface area contributed by atoms with Crippen molar-refractivity contribution in [1.29, 1.82) is 5.26 Å². The van der Waals surface area contributed by atoms with Gasteiger partial charge in [0.1, 0.15) is 34.5 Å². The molecule has 0 aliphatic carbocycles. The van der Waals surface area contributed by atoms with Crippen LogP contribution in [0.5, 0.6) is 28.7 Å². The second-order valence-electron chi connectivity index (χ2n) is 11.4. The highest BCUT2D eigenvalue weighted by Gasteiger charge is 2.64. The summed E-state index contributed by atoms with van der Waals surface area (Å²) < 4.78 is 33.2. The highest BCUT2D eigenvalue weighted by Crippen LogP contribution is 2.59. The standard InChI is InChI=1S/C33H29N3O9/c1-15-13-32(3,4)36-26-19(15)11-18(44-29(37)17-9-23(40-5)27(42-7)24(10-17)41-6)12-20(26)33(31(36)39)21(14-34)28(35)45-22-8-16(2)43-30(38)25(22)33/h8-13H,35H2,1-7H3. The zero-order valence-electron chi connectivity index (χ0n) is 25.6. The number of ether oxygens (including phenoxy) is 5. The molecule has 4 heterocycles. The molecular formula is C33H29N3O9. The summed E-state index contributed by atoms with van der Waals surface area (Å²) in [6, 6.07) is 9.46. The number of hydrogen-bond donors (Lipinski definition) is 1. The van der Waals surface area contributed by atoms with Crippen molar-refractivity contribution in [1.82, 2.24) is 0 Å². The summed E-state index contributed by atoms with van der Waals surface area (Å²) in [5.74, 6) is -0.659. The van der Waals surface area contributed by atoms with E-state index in [4.69, 9.17) is 33.8 Å². The molecule has 2 N–H and O–H groups in total. The van der Waals surface area contributed by atoms with Crippen molar-refractivity contribution < 1.29 is 37.7 Å². The number of nitriles is 1. The van der Waals surface area contributed by atoms with E-state index in [0.717, 1.165) is 5.57 Å². The van der Waals surface area contributed by atoms with Gasteiger partial charge in [0.15, 0.2) is 16.9 Å². The number of fused-ring (bicyclic) bond motifs is 3. The van der Waals surface area contributed by atoms with Crippen LogP contribution in [0.3, 0.4) is 0 Å². The van der Waals surface area contributed by atoms with Crippen LogP contribution in [0.15, 0.2) is 57.1 Å². The van der Waals surface area contributed by atoms with Crippen molar-refractivity contribution in [2.75, 3.05) is 26.2 Å². The summed E-state index contributed by atoms with van der Waals surface area (Å²) in [6.07, 6.45) is 1.89. The lowest BCUT2D eigenvalue weighted by molar-refractivity contribution is -0.121. The molecule has 230 valence electrons. The second kappa shape index (κ2) is 9.92. The fourth-order valence-corrected chi connectivity index (χ4v) is 6.57. The zero-order chi connectivity index (χ0) is 32.6. The maximum absolute atomic E-state index is 14.8. The van der Waals surface area contributed by atoms with E-state index in [1.54, 1.807) is 13.0 Å². The van der Waals surface area contributed by atoms with Gasteiger partial charge >= 0.3 is 11.6 Å². The minimum Gasteiger partial charge on any atom is -0.493 e. The maximum atomic E-state index is 14.8. The molecule has 0 fully saturated rings. The molecule has 3 aliphatic heterocycles. The van der Waals surface area contributed by atoms with Crippen LogP contribution in [-0.2, 0) is 10.2 Å². The Bertz CT molecular complexity index is 1990. The maximum Gasteiger partial charge on any atom is 0.344 e. The normalized spacial score (nSPS) is 18.8. The Hall–Kier alpha value is -5.70.